The molecule has 1 N–H and O–H groups in total. The quantitative estimate of drug-likeness (QED) is 0.447. The van der Waals surface area contributed by atoms with E-state index in [1.807, 2.05) is 24.8 Å². The lowest BCUT2D eigenvalue weighted by molar-refractivity contribution is 0.470. The first-order valence-corrected chi connectivity index (χ1v) is 9.76. The van der Waals surface area contributed by atoms with Crippen LogP contribution in [0.5, 0.6) is 5.75 Å². The molecule has 1 rings (SSSR count). The van der Waals surface area contributed by atoms with Crippen LogP contribution in [0.15, 0.2) is 18.2 Å². The normalized spacial score (nSPS) is 11.0. The summed E-state index contributed by atoms with van der Waals surface area (Å²) in [5.74, 6) is 2.69. The third-order valence-corrected chi connectivity index (χ3v) is 5.16. The van der Waals surface area contributed by atoms with Crippen molar-refractivity contribution in [2.75, 3.05) is 5.75 Å². The molecular weight excluding hydrogens is 276 g/mol. The van der Waals surface area contributed by atoms with Gasteiger partial charge in [0.15, 0.2) is 0 Å². The van der Waals surface area contributed by atoms with Gasteiger partial charge in [-0.15, -0.1) is 0 Å². The van der Waals surface area contributed by atoms with E-state index in [0.717, 1.165) is 11.3 Å². The molecule has 0 fully saturated rings. The molecule has 0 amide bonds. The summed E-state index contributed by atoms with van der Waals surface area (Å²) in [7, 11) is 0. The smallest absolute Gasteiger partial charge is 0.118 e. The van der Waals surface area contributed by atoms with E-state index < -0.39 is 0 Å². The lowest BCUT2D eigenvalue weighted by atomic mass is 10.1. The van der Waals surface area contributed by atoms with E-state index in [9.17, 15) is 5.11 Å². The van der Waals surface area contributed by atoms with Gasteiger partial charge < -0.3 is 5.11 Å². The largest absolute Gasteiger partial charge is 0.508 e. The third-order valence-electron chi connectivity index (χ3n) is 4.07. The Morgan fingerprint density at radius 3 is 2.19 bits per heavy atom. The van der Waals surface area contributed by atoms with Gasteiger partial charge in [0, 0.05) is 5.75 Å². The number of unbranched alkanes of at least 4 members (excludes halogenated alkanes) is 8. The van der Waals surface area contributed by atoms with Crippen molar-refractivity contribution in [1.82, 2.24) is 0 Å². The molecule has 0 aromatic heterocycles. The van der Waals surface area contributed by atoms with Crippen molar-refractivity contribution in [3.63, 3.8) is 0 Å². The third kappa shape index (κ3) is 8.40. The SMILES string of the molecule is CCCCCCCCCCCSCc1cccc(O)c1C. The van der Waals surface area contributed by atoms with Gasteiger partial charge in [0.05, 0.1) is 0 Å². The number of thioether (sulfide) groups is 1. The molecule has 0 saturated heterocycles. The van der Waals surface area contributed by atoms with Gasteiger partial charge in [-0.2, -0.15) is 11.8 Å². The van der Waals surface area contributed by atoms with Crippen molar-refractivity contribution in [3.05, 3.63) is 29.3 Å². The van der Waals surface area contributed by atoms with E-state index in [4.69, 9.17) is 0 Å². The second-order valence-corrected chi connectivity index (χ2v) is 7.05. The fourth-order valence-corrected chi connectivity index (χ4v) is 3.61. The monoisotopic (exact) mass is 308 g/mol. The lowest BCUT2D eigenvalue weighted by Crippen LogP contribution is -1.89. The number of benzene rings is 1. The van der Waals surface area contributed by atoms with Gasteiger partial charge in [0.1, 0.15) is 5.75 Å². The molecule has 0 aliphatic carbocycles. The van der Waals surface area contributed by atoms with Crippen molar-refractivity contribution >= 4 is 11.8 Å². The number of hydrogen-bond acceptors (Lipinski definition) is 2. The summed E-state index contributed by atoms with van der Waals surface area (Å²) in [6.45, 7) is 4.28. The number of phenols is 1. The van der Waals surface area contributed by atoms with E-state index in [-0.39, 0.29) is 0 Å². The van der Waals surface area contributed by atoms with Crippen molar-refractivity contribution in [1.29, 1.82) is 0 Å². The molecule has 2 heteroatoms. The Balaban J connectivity index is 1.94. The van der Waals surface area contributed by atoms with E-state index in [0.29, 0.717) is 5.75 Å². The highest BCUT2D eigenvalue weighted by atomic mass is 32.2. The Kier molecular flexibility index (Phi) is 10.5. The van der Waals surface area contributed by atoms with Crippen LogP contribution in [0.1, 0.15) is 75.8 Å². The zero-order chi connectivity index (χ0) is 15.3. The van der Waals surface area contributed by atoms with Gasteiger partial charge in [0.2, 0.25) is 0 Å². The maximum absolute atomic E-state index is 9.67. The van der Waals surface area contributed by atoms with Crippen molar-refractivity contribution in [2.24, 2.45) is 0 Å². The molecule has 1 aromatic rings. The fraction of sp³-hybridized carbons (Fsp3) is 0.684. The fourth-order valence-electron chi connectivity index (χ4n) is 2.52. The molecular formula is C19H32OS. The van der Waals surface area contributed by atoms with E-state index in [2.05, 4.69) is 13.0 Å². The van der Waals surface area contributed by atoms with Crippen LogP contribution in [0.4, 0.5) is 0 Å². The van der Waals surface area contributed by atoms with Crippen LogP contribution >= 0.6 is 11.8 Å². The maximum atomic E-state index is 9.67. The molecule has 1 nitrogen and oxygen atoms in total. The zero-order valence-electron chi connectivity index (χ0n) is 13.9. The van der Waals surface area contributed by atoms with Gasteiger partial charge in [0.25, 0.3) is 0 Å². The van der Waals surface area contributed by atoms with Crippen LogP contribution in [0.25, 0.3) is 0 Å². The molecule has 120 valence electrons. The Morgan fingerprint density at radius 2 is 1.52 bits per heavy atom. The first-order chi connectivity index (χ1) is 10.3. The second-order valence-electron chi connectivity index (χ2n) is 5.94. The van der Waals surface area contributed by atoms with Crippen LogP contribution < -0.4 is 0 Å². The van der Waals surface area contributed by atoms with E-state index >= 15 is 0 Å². The highest BCUT2D eigenvalue weighted by Crippen LogP contribution is 2.24. The van der Waals surface area contributed by atoms with Crippen molar-refractivity contribution in [2.45, 2.75) is 77.4 Å². The summed E-state index contributed by atoms with van der Waals surface area (Å²) in [6, 6.07) is 5.83. The first-order valence-electron chi connectivity index (χ1n) is 8.61. The standard InChI is InChI=1S/C19H32OS/c1-3-4-5-6-7-8-9-10-11-15-21-16-18-13-12-14-19(20)17(18)2/h12-14,20H,3-11,15-16H2,1-2H3. The minimum Gasteiger partial charge on any atom is -0.508 e. The summed E-state index contributed by atoms with van der Waals surface area (Å²) in [5, 5.41) is 9.67. The molecule has 0 unspecified atom stereocenters. The Labute approximate surface area is 135 Å². The van der Waals surface area contributed by atoms with Gasteiger partial charge >= 0.3 is 0 Å². The van der Waals surface area contributed by atoms with Crippen LogP contribution in [-0.4, -0.2) is 10.9 Å². The number of rotatable bonds is 12. The van der Waals surface area contributed by atoms with Crippen LogP contribution in [0.3, 0.4) is 0 Å². The van der Waals surface area contributed by atoms with E-state index in [1.165, 1.54) is 69.1 Å². The highest BCUT2D eigenvalue weighted by Gasteiger charge is 2.02. The average Bonchev–Trinajstić information content (AvgIpc) is 2.49. The summed E-state index contributed by atoms with van der Waals surface area (Å²) < 4.78 is 0. The molecule has 21 heavy (non-hydrogen) atoms. The minimum absolute atomic E-state index is 0.427. The molecule has 0 spiro atoms. The first kappa shape index (κ1) is 18.4. The molecule has 0 heterocycles. The average molecular weight is 309 g/mol. The highest BCUT2D eigenvalue weighted by molar-refractivity contribution is 7.98. The minimum atomic E-state index is 0.427. The van der Waals surface area contributed by atoms with Gasteiger partial charge in [-0.3, -0.25) is 0 Å². The van der Waals surface area contributed by atoms with Crippen LogP contribution in [0, 0.1) is 6.92 Å². The molecule has 0 aliphatic rings. The second kappa shape index (κ2) is 12.0. The molecule has 0 atom stereocenters. The topological polar surface area (TPSA) is 20.2 Å². The van der Waals surface area contributed by atoms with Crippen molar-refractivity contribution < 1.29 is 5.11 Å². The van der Waals surface area contributed by atoms with Gasteiger partial charge in [-0.1, -0.05) is 70.4 Å². The van der Waals surface area contributed by atoms with Gasteiger partial charge in [-0.05, 0) is 36.3 Å². The molecule has 1 aromatic carbocycles. The van der Waals surface area contributed by atoms with Crippen molar-refractivity contribution in [3.8, 4) is 5.75 Å². The molecule has 0 bridgehead atoms. The predicted molar refractivity (Wildman–Crippen MR) is 96.2 cm³/mol. The predicted octanol–water partition coefficient (Wildman–Crippen LogP) is 6.46. The summed E-state index contributed by atoms with van der Waals surface area (Å²) in [5.41, 5.74) is 2.31. The number of aromatic hydroxyl groups is 1. The Morgan fingerprint density at radius 1 is 0.905 bits per heavy atom. The molecule has 0 radical (unpaired) electrons. The summed E-state index contributed by atoms with van der Waals surface area (Å²) >= 11 is 1.99. The Hall–Kier alpha value is -0.630. The molecule has 0 aliphatic heterocycles. The Bertz CT molecular complexity index is 376. The summed E-state index contributed by atoms with van der Waals surface area (Å²) in [6.07, 6.45) is 12.6. The van der Waals surface area contributed by atoms with Crippen LogP contribution in [0.2, 0.25) is 0 Å². The van der Waals surface area contributed by atoms with Gasteiger partial charge in [-0.25, -0.2) is 0 Å². The zero-order valence-corrected chi connectivity index (χ0v) is 14.7. The lowest BCUT2D eigenvalue weighted by Gasteiger charge is -2.07. The van der Waals surface area contributed by atoms with Crippen LogP contribution in [-0.2, 0) is 5.75 Å². The summed E-state index contributed by atoms with van der Waals surface area (Å²) in [4.78, 5) is 0. The number of phenolic OH excluding ortho intramolecular Hbond substituents is 1. The number of hydrogen-bond donors (Lipinski definition) is 1. The van der Waals surface area contributed by atoms with E-state index in [1.54, 1.807) is 6.07 Å². The maximum Gasteiger partial charge on any atom is 0.118 e. The molecule has 0 saturated carbocycles.